The van der Waals surface area contributed by atoms with Crippen LogP contribution in [0.15, 0.2) is 24.3 Å². The standard InChI is InChI=1S/C15H18ClNO3/c1-3-20-14(19)15(7-8-15)13(18)17-10(2)11-5-4-6-12(16)9-11/h4-6,9-10H,3,7-8H2,1-2H3,(H,17,18). The fourth-order valence-electron chi connectivity index (χ4n) is 2.11. The molecule has 1 unspecified atom stereocenters. The van der Waals surface area contributed by atoms with E-state index in [9.17, 15) is 9.59 Å². The van der Waals surface area contributed by atoms with Crippen molar-refractivity contribution in [2.75, 3.05) is 6.61 Å². The van der Waals surface area contributed by atoms with Crippen LogP contribution in [0.5, 0.6) is 0 Å². The number of nitrogens with one attached hydrogen (secondary N) is 1. The number of benzene rings is 1. The van der Waals surface area contributed by atoms with Crippen molar-refractivity contribution in [3.05, 3.63) is 34.9 Å². The van der Waals surface area contributed by atoms with Gasteiger partial charge in [-0.2, -0.15) is 0 Å². The molecule has 5 heteroatoms. The molecule has 0 saturated heterocycles. The van der Waals surface area contributed by atoms with Gasteiger partial charge in [-0.15, -0.1) is 0 Å². The molecule has 1 aromatic carbocycles. The maximum atomic E-state index is 12.3. The van der Waals surface area contributed by atoms with Crippen molar-refractivity contribution < 1.29 is 14.3 Å². The number of ether oxygens (including phenoxy) is 1. The van der Waals surface area contributed by atoms with Gasteiger partial charge < -0.3 is 10.1 Å². The SMILES string of the molecule is CCOC(=O)C1(C(=O)NC(C)c2cccc(Cl)c2)CC1. The largest absolute Gasteiger partial charge is 0.465 e. The number of hydrogen-bond donors (Lipinski definition) is 1. The molecular weight excluding hydrogens is 278 g/mol. The number of hydrogen-bond acceptors (Lipinski definition) is 3. The molecule has 1 saturated carbocycles. The summed E-state index contributed by atoms with van der Waals surface area (Å²) in [5, 5.41) is 3.49. The molecule has 1 atom stereocenters. The van der Waals surface area contributed by atoms with Gasteiger partial charge in [0.05, 0.1) is 12.6 Å². The van der Waals surface area contributed by atoms with E-state index in [2.05, 4.69) is 5.32 Å². The highest BCUT2D eigenvalue weighted by atomic mass is 35.5. The van der Waals surface area contributed by atoms with E-state index >= 15 is 0 Å². The van der Waals surface area contributed by atoms with Crippen LogP contribution in [0.2, 0.25) is 5.02 Å². The first-order valence-corrected chi connectivity index (χ1v) is 7.11. The predicted octanol–water partition coefficient (Wildman–Crippen LogP) is 2.86. The molecule has 0 aromatic heterocycles. The zero-order chi connectivity index (χ0) is 14.8. The first-order valence-electron chi connectivity index (χ1n) is 6.73. The first kappa shape index (κ1) is 14.9. The minimum atomic E-state index is -0.969. The van der Waals surface area contributed by atoms with Crippen LogP contribution < -0.4 is 5.32 Å². The second kappa shape index (κ2) is 5.83. The van der Waals surface area contributed by atoms with E-state index < -0.39 is 11.4 Å². The van der Waals surface area contributed by atoms with Crippen molar-refractivity contribution in [1.82, 2.24) is 5.32 Å². The second-order valence-corrected chi connectivity index (χ2v) is 5.49. The molecule has 1 aliphatic carbocycles. The van der Waals surface area contributed by atoms with Crippen LogP contribution in [0, 0.1) is 5.41 Å². The number of halogens is 1. The fourth-order valence-corrected chi connectivity index (χ4v) is 2.31. The van der Waals surface area contributed by atoms with Crippen molar-refractivity contribution in [1.29, 1.82) is 0 Å². The Kier molecular flexibility index (Phi) is 4.33. The molecule has 1 aliphatic rings. The lowest BCUT2D eigenvalue weighted by Crippen LogP contribution is -2.39. The maximum Gasteiger partial charge on any atom is 0.321 e. The topological polar surface area (TPSA) is 55.4 Å². The van der Waals surface area contributed by atoms with Crippen LogP contribution in [0.4, 0.5) is 0 Å². The summed E-state index contributed by atoms with van der Waals surface area (Å²) in [5.74, 6) is -0.681. The second-order valence-electron chi connectivity index (χ2n) is 5.05. The molecule has 4 nitrogen and oxygen atoms in total. The Balaban J connectivity index is 2.03. The van der Waals surface area contributed by atoms with E-state index in [1.165, 1.54) is 0 Å². The van der Waals surface area contributed by atoms with Crippen LogP contribution in [-0.2, 0) is 14.3 Å². The fraction of sp³-hybridized carbons (Fsp3) is 0.467. The van der Waals surface area contributed by atoms with Gasteiger partial charge in [-0.05, 0) is 44.4 Å². The smallest absolute Gasteiger partial charge is 0.321 e. The monoisotopic (exact) mass is 295 g/mol. The third-order valence-corrected chi connectivity index (χ3v) is 3.78. The summed E-state index contributed by atoms with van der Waals surface area (Å²) < 4.78 is 4.98. The quantitative estimate of drug-likeness (QED) is 0.671. The van der Waals surface area contributed by atoms with Gasteiger partial charge in [0, 0.05) is 5.02 Å². The lowest BCUT2D eigenvalue weighted by molar-refractivity contribution is -0.154. The van der Waals surface area contributed by atoms with Crippen molar-refractivity contribution in [3.8, 4) is 0 Å². The molecular formula is C15H18ClNO3. The summed E-state index contributed by atoms with van der Waals surface area (Å²) in [6.07, 6.45) is 1.11. The number of rotatable bonds is 5. The Morgan fingerprint density at radius 1 is 1.45 bits per heavy atom. The minimum Gasteiger partial charge on any atom is -0.465 e. The predicted molar refractivity (Wildman–Crippen MR) is 76.3 cm³/mol. The molecule has 0 radical (unpaired) electrons. The lowest BCUT2D eigenvalue weighted by atomic mass is 10.0. The number of carbonyl (C=O) groups is 2. The molecule has 1 N–H and O–H groups in total. The highest BCUT2D eigenvalue weighted by Crippen LogP contribution is 2.47. The molecule has 108 valence electrons. The third kappa shape index (κ3) is 2.96. The molecule has 1 amide bonds. The summed E-state index contributed by atoms with van der Waals surface area (Å²) >= 11 is 5.93. The average molecular weight is 296 g/mol. The first-order chi connectivity index (χ1) is 9.49. The third-order valence-electron chi connectivity index (χ3n) is 3.55. The van der Waals surface area contributed by atoms with Gasteiger partial charge >= 0.3 is 5.97 Å². The van der Waals surface area contributed by atoms with E-state index in [1.54, 1.807) is 19.1 Å². The highest BCUT2D eigenvalue weighted by Gasteiger charge is 2.58. The molecule has 0 heterocycles. The van der Waals surface area contributed by atoms with E-state index in [1.807, 2.05) is 19.1 Å². The minimum absolute atomic E-state index is 0.201. The Morgan fingerprint density at radius 2 is 2.15 bits per heavy atom. The number of esters is 1. The zero-order valence-electron chi connectivity index (χ0n) is 11.6. The molecule has 1 fully saturated rings. The molecule has 2 rings (SSSR count). The summed E-state index contributed by atoms with van der Waals surface area (Å²) in [6, 6.07) is 7.10. The number of amides is 1. The summed E-state index contributed by atoms with van der Waals surface area (Å²) in [7, 11) is 0. The molecule has 1 aromatic rings. The van der Waals surface area contributed by atoms with Crippen molar-refractivity contribution >= 4 is 23.5 Å². The van der Waals surface area contributed by atoms with Gasteiger partial charge in [-0.3, -0.25) is 9.59 Å². The van der Waals surface area contributed by atoms with Crippen LogP contribution in [0.25, 0.3) is 0 Å². The molecule has 0 spiro atoms. The normalized spacial score (nSPS) is 17.1. The van der Waals surface area contributed by atoms with E-state index in [-0.39, 0.29) is 18.6 Å². The number of carbonyl (C=O) groups excluding carboxylic acids is 2. The Morgan fingerprint density at radius 3 is 2.70 bits per heavy atom. The molecule has 0 aliphatic heterocycles. The summed E-state index contributed by atoms with van der Waals surface area (Å²) in [5.41, 5.74) is -0.0615. The van der Waals surface area contributed by atoms with Gasteiger partial charge in [-0.1, -0.05) is 23.7 Å². The maximum absolute atomic E-state index is 12.3. The van der Waals surface area contributed by atoms with Crippen molar-refractivity contribution in [3.63, 3.8) is 0 Å². The van der Waals surface area contributed by atoms with E-state index in [0.717, 1.165) is 5.56 Å². The summed E-state index contributed by atoms with van der Waals surface area (Å²) in [6.45, 7) is 3.89. The molecule has 0 bridgehead atoms. The Labute approximate surface area is 123 Å². The highest BCUT2D eigenvalue weighted by molar-refractivity contribution is 6.30. The summed E-state index contributed by atoms with van der Waals surface area (Å²) in [4.78, 5) is 24.1. The van der Waals surface area contributed by atoms with Gasteiger partial charge in [0.15, 0.2) is 0 Å². The van der Waals surface area contributed by atoms with Crippen molar-refractivity contribution in [2.45, 2.75) is 32.7 Å². The van der Waals surface area contributed by atoms with Gasteiger partial charge in [0.25, 0.3) is 0 Å². The Hall–Kier alpha value is -1.55. The van der Waals surface area contributed by atoms with E-state index in [0.29, 0.717) is 17.9 Å². The molecule has 20 heavy (non-hydrogen) atoms. The van der Waals surface area contributed by atoms with Crippen molar-refractivity contribution in [2.24, 2.45) is 5.41 Å². The van der Waals surface area contributed by atoms with Crippen LogP contribution >= 0.6 is 11.6 Å². The zero-order valence-corrected chi connectivity index (χ0v) is 12.4. The van der Waals surface area contributed by atoms with Gasteiger partial charge in [0.1, 0.15) is 5.41 Å². The van der Waals surface area contributed by atoms with Crippen LogP contribution in [0.3, 0.4) is 0 Å². The Bertz CT molecular complexity index is 526. The van der Waals surface area contributed by atoms with Crippen LogP contribution in [0.1, 0.15) is 38.3 Å². The van der Waals surface area contributed by atoms with Gasteiger partial charge in [0.2, 0.25) is 5.91 Å². The van der Waals surface area contributed by atoms with E-state index in [4.69, 9.17) is 16.3 Å². The van der Waals surface area contributed by atoms with Gasteiger partial charge in [-0.25, -0.2) is 0 Å². The lowest BCUT2D eigenvalue weighted by Gasteiger charge is -2.19. The van der Waals surface area contributed by atoms with Crippen LogP contribution in [-0.4, -0.2) is 18.5 Å². The average Bonchev–Trinajstić information content (AvgIpc) is 3.20.